The fraction of sp³-hybridized carbons (Fsp3) is 0.588. The number of nitrogen functional groups attached to an aromatic ring is 1. The van der Waals surface area contributed by atoms with E-state index < -0.39 is 0 Å². The van der Waals surface area contributed by atoms with Gasteiger partial charge in [0, 0.05) is 16.2 Å². The number of nitrogens with two attached hydrogens (primary N) is 1. The van der Waals surface area contributed by atoms with Gasteiger partial charge in [-0.1, -0.05) is 20.8 Å². The number of nitrogens with one attached hydrogen (secondary N) is 1. The van der Waals surface area contributed by atoms with Crippen molar-refractivity contribution in [1.29, 1.82) is 0 Å². The quantitative estimate of drug-likeness (QED) is 0.792. The molecule has 3 nitrogen and oxygen atoms in total. The lowest BCUT2D eigenvalue weighted by atomic mass is 9.69. The zero-order valence-electron chi connectivity index (χ0n) is 12.9. The van der Waals surface area contributed by atoms with Gasteiger partial charge in [0.15, 0.2) is 0 Å². The fourth-order valence-corrected chi connectivity index (χ4v) is 4.80. The van der Waals surface area contributed by atoms with Crippen LogP contribution >= 0.6 is 15.9 Å². The summed E-state index contributed by atoms with van der Waals surface area (Å²) in [5, 5.41) is 3.27. The molecule has 3 unspecified atom stereocenters. The van der Waals surface area contributed by atoms with Crippen molar-refractivity contribution in [2.45, 2.75) is 46.1 Å². The molecule has 21 heavy (non-hydrogen) atoms. The van der Waals surface area contributed by atoms with E-state index in [2.05, 4.69) is 42.0 Å². The maximum atomic E-state index is 12.6. The lowest BCUT2D eigenvalue weighted by Crippen LogP contribution is -2.46. The van der Waals surface area contributed by atoms with Gasteiger partial charge in [-0.15, -0.1) is 0 Å². The summed E-state index contributed by atoms with van der Waals surface area (Å²) in [5.41, 5.74) is 7.54. The predicted molar refractivity (Wildman–Crippen MR) is 89.0 cm³/mol. The van der Waals surface area contributed by atoms with Crippen molar-refractivity contribution in [1.82, 2.24) is 5.32 Å². The average molecular weight is 351 g/mol. The van der Waals surface area contributed by atoms with Crippen molar-refractivity contribution in [2.24, 2.45) is 16.7 Å². The molecule has 2 bridgehead atoms. The van der Waals surface area contributed by atoms with Gasteiger partial charge in [-0.05, 0) is 70.1 Å². The minimum absolute atomic E-state index is 0.0243. The van der Waals surface area contributed by atoms with Gasteiger partial charge in [0.1, 0.15) is 0 Å². The third kappa shape index (κ3) is 2.10. The summed E-state index contributed by atoms with van der Waals surface area (Å²) in [6.07, 6.45) is 3.58. The summed E-state index contributed by atoms with van der Waals surface area (Å²) in [4.78, 5) is 12.6. The molecule has 0 heterocycles. The Morgan fingerprint density at radius 1 is 1.38 bits per heavy atom. The second-order valence-electron chi connectivity index (χ2n) is 7.38. The van der Waals surface area contributed by atoms with E-state index in [0.717, 1.165) is 16.8 Å². The van der Waals surface area contributed by atoms with Crippen molar-refractivity contribution in [3.8, 4) is 0 Å². The third-order valence-electron chi connectivity index (χ3n) is 6.33. The summed E-state index contributed by atoms with van der Waals surface area (Å²) in [5.74, 6) is 0.695. The van der Waals surface area contributed by atoms with Crippen LogP contribution in [0.25, 0.3) is 0 Å². The number of rotatable bonds is 2. The number of benzene rings is 1. The minimum atomic E-state index is -0.0243. The van der Waals surface area contributed by atoms with E-state index in [1.807, 2.05) is 6.07 Å². The summed E-state index contributed by atoms with van der Waals surface area (Å²) < 4.78 is 0.793. The first-order valence-electron chi connectivity index (χ1n) is 7.61. The Kier molecular flexibility index (Phi) is 3.36. The molecule has 0 spiro atoms. The number of carbonyl (C=O) groups excluding carboxylic acids is 1. The van der Waals surface area contributed by atoms with E-state index >= 15 is 0 Å². The molecule has 3 rings (SSSR count). The van der Waals surface area contributed by atoms with Gasteiger partial charge >= 0.3 is 0 Å². The maximum absolute atomic E-state index is 12.6. The van der Waals surface area contributed by atoms with Crippen LogP contribution in [0.1, 0.15) is 50.4 Å². The van der Waals surface area contributed by atoms with Crippen molar-refractivity contribution < 1.29 is 4.79 Å². The Morgan fingerprint density at radius 2 is 2.10 bits per heavy atom. The van der Waals surface area contributed by atoms with E-state index in [-0.39, 0.29) is 17.4 Å². The molecule has 3 N–H and O–H groups in total. The fourth-order valence-electron chi connectivity index (χ4n) is 4.37. The number of carbonyl (C=O) groups is 1. The van der Waals surface area contributed by atoms with E-state index in [4.69, 9.17) is 5.73 Å². The first-order valence-corrected chi connectivity index (χ1v) is 8.41. The molecule has 0 saturated heterocycles. The van der Waals surface area contributed by atoms with Gasteiger partial charge in [0.05, 0.1) is 5.56 Å². The van der Waals surface area contributed by atoms with Crippen LogP contribution in [0.3, 0.4) is 0 Å². The highest BCUT2D eigenvalue weighted by Gasteiger charge is 2.61. The average Bonchev–Trinajstić information content (AvgIpc) is 2.74. The summed E-state index contributed by atoms with van der Waals surface area (Å²) in [6.45, 7) is 7.04. The van der Waals surface area contributed by atoms with E-state index in [1.165, 1.54) is 12.8 Å². The molecule has 1 amide bonds. The second kappa shape index (κ2) is 4.73. The largest absolute Gasteiger partial charge is 0.399 e. The van der Waals surface area contributed by atoms with Crippen LogP contribution in [-0.4, -0.2) is 11.9 Å². The molecule has 2 fully saturated rings. The molecule has 4 heteroatoms. The SMILES string of the molecule is CC1(C)C2CCC1(C)C(NC(=O)c1cc(N)ccc1Br)C2. The lowest BCUT2D eigenvalue weighted by molar-refractivity contribution is 0.0825. The van der Waals surface area contributed by atoms with Crippen LogP contribution < -0.4 is 11.1 Å². The zero-order chi connectivity index (χ0) is 15.4. The Labute approximate surface area is 134 Å². The van der Waals surface area contributed by atoms with Crippen LogP contribution in [0.2, 0.25) is 0 Å². The normalized spacial score (nSPS) is 33.1. The number of fused-ring (bicyclic) bond motifs is 2. The maximum Gasteiger partial charge on any atom is 0.252 e. The summed E-state index contributed by atoms with van der Waals surface area (Å²) in [7, 11) is 0. The Hall–Kier alpha value is -1.03. The van der Waals surface area contributed by atoms with Crippen LogP contribution in [0.5, 0.6) is 0 Å². The minimum Gasteiger partial charge on any atom is -0.399 e. The molecular formula is C17H23BrN2O. The van der Waals surface area contributed by atoms with Crippen molar-refractivity contribution >= 4 is 27.5 Å². The molecule has 0 radical (unpaired) electrons. The highest BCUT2D eigenvalue weighted by Crippen LogP contribution is 2.65. The van der Waals surface area contributed by atoms with Crippen molar-refractivity contribution in [3.63, 3.8) is 0 Å². The molecule has 2 saturated carbocycles. The second-order valence-corrected chi connectivity index (χ2v) is 8.23. The van der Waals surface area contributed by atoms with Gasteiger partial charge in [-0.25, -0.2) is 0 Å². The number of hydrogen-bond acceptors (Lipinski definition) is 2. The Bertz CT molecular complexity index is 598. The molecule has 3 atom stereocenters. The zero-order valence-corrected chi connectivity index (χ0v) is 14.5. The van der Waals surface area contributed by atoms with E-state index in [0.29, 0.717) is 16.7 Å². The highest BCUT2D eigenvalue weighted by atomic mass is 79.9. The topological polar surface area (TPSA) is 55.1 Å². The highest BCUT2D eigenvalue weighted by molar-refractivity contribution is 9.10. The molecule has 2 aliphatic carbocycles. The third-order valence-corrected chi connectivity index (χ3v) is 7.03. The van der Waals surface area contributed by atoms with Crippen molar-refractivity contribution in [2.75, 3.05) is 5.73 Å². The molecular weight excluding hydrogens is 328 g/mol. The van der Waals surface area contributed by atoms with Crippen LogP contribution in [0.4, 0.5) is 5.69 Å². The van der Waals surface area contributed by atoms with Gasteiger partial charge in [0.2, 0.25) is 0 Å². The molecule has 114 valence electrons. The van der Waals surface area contributed by atoms with Crippen LogP contribution in [0, 0.1) is 16.7 Å². The van der Waals surface area contributed by atoms with Gasteiger partial charge < -0.3 is 11.1 Å². The van der Waals surface area contributed by atoms with Crippen LogP contribution in [0.15, 0.2) is 22.7 Å². The molecule has 2 aliphatic rings. The van der Waals surface area contributed by atoms with Gasteiger partial charge in [-0.2, -0.15) is 0 Å². The Balaban J connectivity index is 1.82. The number of amides is 1. The van der Waals surface area contributed by atoms with Gasteiger partial charge in [-0.3, -0.25) is 4.79 Å². The monoisotopic (exact) mass is 350 g/mol. The summed E-state index contributed by atoms with van der Waals surface area (Å²) in [6, 6.07) is 5.62. The molecule has 0 aliphatic heterocycles. The molecule has 1 aromatic rings. The smallest absolute Gasteiger partial charge is 0.252 e. The lowest BCUT2D eigenvalue weighted by Gasteiger charge is -2.39. The van der Waals surface area contributed by atoms with E-state index in [9.17, 15) is 4.79 Å². The first-order chi connectivity index (χ1) is 9.75. The van der Waals surface area contributed by atoms with Crippen LogP contribution in [-0.2, 0) is 0 Å². The number of hydrogen-bond donors (Lipinski definition) is 2. The standard InChI is InChI=1S/C17H23BrN2O/c1-16(2)10-6-7-17(16,3)14(8-10)20-15(21)12-9-11(19)4-5-13(12)18/h4-5,9-10,14H,6-8,19H2,1-3H3,(H,20,21). The molecule has 1 aromatic carbocycles. The first kappa shape index (κ1) is 14.9. The van der Waals surface area contributed by atoms with Crippen molar-refractivity contribution in [3.05, 3.63) is 28.2 Å². The summed E-state index contributed by atoms with van der Waals surface area (Å²) >= 11 is 3.44. The Morgan fingerprint density at radius 3 is 2.67 bits per heavy atom. The molecule has 0 aromatic heterocycles. The predicted octanol–water partition coefficient (Wildman–Crippen LogP) is 3.98. The van der Waals surface area contributed by atoms with Gasteiger partial charge in [0.25, 0.3) is 5.91 Å². The van der Waals surface area contributed by atoms with E-state index in [1.54, 1.807) is 12.1 Å². The number of halogens is 1. The number of anilines is 1.